The molecule has 0 spiro atoms. The van der Waals surface area contributed by atoms with Gasteiger partial charge < -0.3 is 4.90 Å². The molecule has 1 saturated heterocycles. The van der Waals surface area contributed by atoms with Gasteiger partial charge >= 0.3 is 0 Å². The molecule has 1 aromatic carbocycles. The molecule has 1 fully saturated rings. The van der Waals surface area contributed by atoms with Crippen molar-refractivity contribution in [2.24, 2.45) is 0 Å². The molecule has 5 nitrogen and oxygen atoms in total. The molecule has 2 aromatic heterocycles. The molecule has 0 radical (unpaired) electrons. The summed E-state index contributed by atoms with van der Waals surface area (Å²) in [7, 11) is 0. The molecular formula is C17H16N4OS. The van der Waals surface area contributed by atoms with Gasteiger partial charge in [-0.25, -0.2) is 9.67 Å². The SMILES string of the molecule is O=C(c1cccc(-n2cccn2)c1)N1CCC[C@@H]1c1nccs1. The van der Waals surface area contributed by atoms with Crippen LogP contribution in [0.25, 0.3) is 5.69 Å². The molecule has 3 heterocycles. The van der Waals surface area contributed by atoms with E-state index in [0.717, 1.165) is 30.1 Å². The summed E-state index contributed by atoms with van der Waals surface area (Å²) in [6.07, 6.45) is 7.41. The van der Waals surface area contributed by atoms with Crippen LogP contribution in [0.2, 0.25) is 0 Å². The van der Waals surface area contributed by atoms with E-state index in [2.05, 4.69) is 10.1 Å². The lowest BCUT2D eigenvalue weighted by atomic mass is 10.1. The molecule has 1 amide bonds. The number of nitrogens with zero attached hydrogens (tertiary/aromatic N) is 4. The van der Waals surface area contributed by atoms with Crippen molar-refractivity contribution in [2.75, 3.05) is 6.54 Å². The van der Waals surface area contributed by atoms with Gasteiger partial charge in [0.25, 0.3) is 5.91 Å². The highest BCUT2D eigenvalue weighted by molar-refractivity contribution is 7.09. The van der Waals surface area contributed by atoms with Crippen molar-refractivity contribution in [1.82, 2.24) is 19.7 Å². The Kier molecular flexibility index (Phi) is 3.67. The van der Waals surface area contributed by atoms with Gasteiger partial charge in [-0.3, -0.25) is 4.79 Å². The van der Waals surface area contributed by atoms with E-state index in [1.165, 1.54) is 0 Å². The number of carbonyl (C=O) groups is 1. The van der Waals surface area contributed by atoms with Gasteiger partial charge in [0.2, 0.25) is 0 Å². The maximum atomic E-state index is 12.9. The molecule has 0 unspecified atom stereocenters. The molecular weight excluding hydrogens is 308 g/mol. The van der Waals surface area contributed by atoms with Gasteiger partial charge in [-0.05, 0) is 37.1 Å². The predicted molar refractivity (Wildman–Crippen MR) is 88.7 cm³/mol. The van der Waals surface area contributed by atoms with Crippen molar-refractivity contribution in [1.29, 1.82) is 0 Å². The van der Waals surface area contributed by atoms with Gasteiger partial charge in [-0.15, -0.1) is 11.3 Å². The van der Waals surface area contributed by atoms with Gasteiger partial charge in [-0.1, -0.05) is 6.07 Å². The van der Waals surface area contributed by atoms with Crippen molar-refractivity contribution in [3.8, 4) is 5.69 Å². The summed E-state index contributed by atoms with van der Waals surface area (Å²) >= 11 is 1.62. The van der Waals surface area contributed by atoms with Crippen molar-refractivity contribution in [3.63, 3.8) is 0 Å². The van der Waals surface area contributed by atoms with Crippen LogP contribution in [0, 0.1) is 0 Å². The van der Waals surface area contributed by atoms with E-state index >= 15 is 0 Å². The Hall–Kier alpha value is -2.47. The smallest absolute Gasteiger partial charge is 0.254 e. The fourth-order valence-electron chi connectivity index (χ4n) is 3.03. The standard InChI is InChI=1S/C17H16N4OS/c22-17(20-9-2-6-15(20)16-18-8-11-23-16)13-4-1-5-14(12-13)21-10-3-7-19-21/h1,3-5,7-8,10-12,15H,2,6,9H2/t15-/m1/s1. The number of likely N-dealkylation sites (tertiary alicyclic amines) is 1. The van der Waals surface area contributed by atoms with E-state index < -0.39 is 0 Å². The number of carbonyl (C=O) groups excluding carboxylic acids is 1. The summed E-state index contributed by atoms with van der Waals surface area (Å²) < 4.78 is 1.76. The van der Waals surface area contributed by atoms with Crippen molar-refractivity contribution in [3.05, 3.63) is 64.9 Å². The van der Waals surface area contributed by atoms with Crippen LogP contribution in [0.5, 0.6) is 0 Å². The van der Waals surface area contributed by atoms with E-state index in [-0.39, 0.29) is 11.9 Å². The molecule has 23 heavy (non-hydrogen) atoms. The van der Waals surface area contributed by atoms with Crippen LogP contribution in [0.1, 0.15) is 34.2 Å². The summed E-state index contributed by atoms with van der Waals surface area (Å²) in [5.41, 5.74) is 1.59. The minimum Gasteiger partial charge on any atom is -0.329 e. The Labute approximate surface area is 138 Å². The highest BCUT2D eigenvalue weighted by Gasteiger charge is 2.32. The third-order valence-electron chi connectivity index (χ3n) is 4.11. The van der Waals surface area contributed by atoms with Crippen molar-refractivity contribution in [2.45, 2.75) is 18.9 Å². The molecule has 0 N–H and O–H groups in total. The average Bonchev–Trinajstić information content (AvgIpc) is 3.35. The lowest BCUT2D eigenvalue weighted by molar-refractivity contribution is 0.0735. The molecule has 3 aromatic rings. The Bertz CT molecular complexity index is 798. The molecule has 0 bridgehead atoms. The summed E-state index contributed by atoms with van der Waals surface area (Å²) in [4.78, 5) is 19.3. The lowest BCUT2D eigenvalue weighted by Gasteiger charge is -2.23. The summed E-state index contributed by atoms with van der Waals surface area (Å²) in [5.74, 6) is 0.0664. The molecule has 0 aliphatic carbocycles. The zero-order valence-corrected chi connectivity index (χ0v) is 13.3. The largest absolute Gasteiger partial charge is 0.329 e. The molecule has 0 saturated carbocycles. The van der Waals surface area contributed by atoms with Crippen molar-refractivity contribution >= 4 is 17.2 Å². The molecule has 6 heteroatoms. The first kappa shape index (κ1) is 14.1. The normalized spacial score (nSPS) is 17.6. The van der Waals surface area contributed by atoms with E-state index in [1.807, 2.05) is 46.8 Å². The van der Waals surface area contributed by atoms with E-state index in [1.54, 1.807) is 28.4 Å². The molecule has 1 aliphatic rings. The molecule has 116 valence electrons. The van der Waals surface area contributed by atoms with Crippen LogP contribution in [0.15, 0.2) is 54.3 Å². The number of hydrogen-bond donors (Lipinski definition) is 0. The first-order valence-corrected chi connectivity index (χ1v) is 8.51. The summed E-state index contributed by atoms with van der Waals surface area (Å²) in [6, 6.07) is 9.59. The monoisotopic (exact) mass is 324 g/mol. The highest BCUT2D eigenvalue weighted by atomic mass is 32.1. The number of amides is 1. The quantitative estimate of drug-likeness (QED) is 0.743. The highest BCUT2D eigenvalue weighted by Crippen LogP contribution is 2.34. The molecule has 1 atom stereocenters. The second-order valence-corrected chi connectivity index (χ2v) is 6.45. The van der Waals surface area contributed by atoms with E-state index in [0.29, 0.717) is 5.56 Å². The molecule has 4 rings (SSSR count). The minimum absolute atomic E-state index is 0.0664. The average molecular weight is 324 g/mol. The van der Waals surface area contributed by atoms with Crippen LogP contribution >= 0.6 is 11.3 Å². The zero-order valence-electron chi connectivity index (χ0n) is 12.5. The maximum absolute atomic E-state index is 12.9. The number of thiazole rings is 1. The zero-order chi connectivity index (χ0) is 15.6. The van der Waals surface area contributed by atoms with Gasteiger partial charge in [0.05, 0.1) is 11.7 Å². The second kappa shape index (κ2) is 5.96. The topological polar surface area (TPSA) is 51.0 Å². The van der Waals surface area contributed by atoms with Gasteiger partial charge in [0, 0.05) is 36.1 Å². The number of rotatable bonds is 3. The fraction of sp³-hybridized carbons (Fsp3) is 0.235. The third kappa shape index (κ3) is 2.66. The van der Waals surface area contributed by atoms with E-state index in [4.69, 9.17) is 0 Å². The van der Waals surface area contributed by atoms with Crippen LogP contribution in [-0.4, -0.2) is 32.1 Å². The second-order valence-electron chi connectivity index (χ2n) is 5.53. The first-order chi connectivity index (χ1) is 11.3. The summed E-state index contributed by atoms with van der Waals surface area (Å²) in [6.45, 7) is 0.787. The fourth-order valence-corrected chi connectivity index (χ4v) is 3.82. The van der Waals surface area contributed by atoms with Gasteiger partial charge in [-0.2, -0.15) is 5.10 Å². The Morgan fingerprint density at radius 1 is 1.26 bits per heavy atom. The minimum atomic E-state index is 0.0664. The van der Waals surface area contributed by atoms with Gasteiger partial charge in [0.15, 0.2) is 0 Å². The Morgan fingerprint density at radius 3 is 3.00 bits per heavy atom. The third-order valence-corrected chi connectivity index (χ3v) is 4.99. The first-order valence-electron chi connectivity index (χ1n) is 7.63. The maximum Gasteiger partial charge on any atom is 0.254 e. The summed E-state index contributed by atoms with van der Waals surface area (Å²) in [5, 5.41) is 7.22. The number of hydrogen-bond acceptors (Lipinski definition) is 4. The number of benzene rings is 1. The Morgan fingerprint density at radius 2 is 2.22 bits per heavy atom. The van der Waals surface area contributed by atoms with Gasteiger partial charge in [0.1, 0.15) is 5.01 Å². The van der Waals surface area contributed by atoms with Crippen LogP contribution in [-0.2, 0) is 0 Å². The van der Waals surface area contributed by atoms with E-state index in [9.17, 15) is 4.79 Å². The van der Waals surface area contributed by atoms with Crippen molar-refractivity contribution < 1.29 is 4.79 Å². The lowest BCUT2D eigenvalue weighted by Crippen LogP contribution is -2.30. The predicted octanol–water partition coefficient (Wildman–Crippen LogP) is 3.31. The van der Waals surface area contributed by atoms with Crippen LogP contribution in [0.4, 0.5) is 0 Å². The van der Waals surface area contributed by atoms with Crippen LogP contribution in [0.3, 0.4) is 0 Å². The van der Waals surface area contributed by atoms with Crippen LogP contribution < -0.4 is 0 Å². The molecule has 1 aliphatic heterocycles. The Balaban J connectivity index is 1.63. The number of aromatic nitrogens is 3.